The average Bonchev–Trinajstić information content (AvgIpc) is 1.86. The molecule has 11 heavy (non-hydrogen) atoms. The number of hydrogen-bond donors (Lipinski definition) is 0. The summed E-state index contributed by atoms with van der Waals surface area (Å²) in [6.45, 7) is 9.92. The van der Waals surface area contributed by atoms with E-state index < -0.39 is 5.67 Å². The van der Waals surface area contributed by atoms with E-state index in [9.17, 15) is 4.39 Å². The van der Waals surface area contributed by atoms with Crippen LogP contribution in [0, 0.1) is 11.8 Å². The predicted molar refractivity (Wildman–Crippen MR) is 48.4 cm³/mol. The van der Waals surface area contributed by atoms with E-state index in [1.54, 1.807) is 6.92 Å². The summed E-state index contributed by atoms with van der Waals surface area (Å²) < 4.78 is 13.7. The van der Waals surface area contributed by atoms with Gasteiger partial charge in [0, 0.05) is 0 Å². The average molecular weight is 160 g/mol. The molecule has 0 heterocycles. The minimum absolute atomic E-state index is 0.169. The molecule has 0 aromatic carbocycles. The van der Waals surface area contributed by atoms with Gasteiger partial charge in [-0.05, 0) is 25.2 Å². The normalized spacial score (nSPS) is 19.9. The molecule has 0 amide bonds. The molecule has 0 radical (unpaired) electrons. The smallest absolute Gasteiger partial charge is 0.111 e. The van der Waals surface area contributed by atoms with Crippen LogP contribution < -0.4 is 0 Å². The molecule has 0 saturated heterocycles. The lowest BCUT2D eigenvalue weighted by Crippen LogP contribution is -2.30. The van der Waals surface area contributed by atoms with Crippen molar-refractivity contribution in [3.8, 4) is 0 Å². The van der Waals surface area contributed by atoms with Gasteiger partial charge in [-0.2, -0.15) is 0 Å². The van der Waals surface area contributed by atoms with E-state index in [0.29, 0.717) is 12.3 Å². The zero-order valence-electron chi connectivity index (χ0n) is 8.45. The molecule has 1 unspecified atom stereocenters. The summed E-state index contributed by atoms with van der Waals surface area (Å²) in [6, 6.07) is 0. The van der Waals surface area contributed by atoms with Crippen LogP contribution in [0.4, 0.5) is 4.39 Å². The first-order valence-corrected chi connectivity index (χ1v) is 4.60. The number of halogens is 1. The lowest BCUT2D eigenvalue weighted by Gasteiger charge is -2.30. The van der Waals surface area contributed by atoms with Gasteiger partial charge in [0.25, 0.3) is 0 Å². The minimum atomic E-state index is -0.969. The predicted octanol–water partition coefficient (Wildman–Crippen LogP) is 3.81. The van der Waals surface area contributed by atoms with Crippen molar-refractivity contribution in [2.75, 3.05) is 0 Å². The van der Waals surface area contributed by atoms with Crippen LogP contribution in [0.5, 0.6) is 0 Å². The molecule has 0 bridgehead atoms. The molecule has 0 aliphatic heterocycles. The van der Waals surface area contributed by atoms with Crippen LogP contribution in [0.25, 0.3) is 0 Å². The second-order valence-electron chi connectivity index (χ2n) is 4.06. The summed E-state index contributed by atoms with van der Waals surface area (Å²) in [5.74, 6) is 0.610. The second-order valence-corrected chi connectivity index (χ2v) is 4.06. The van der Waals surface area contributed by atoms with Gasteiger partial charge in [-0.15, -0.1) is 0 Å². The lowest BCUT2D eigenvalue weighted by atomic mass is 9.81. The summed E-state index contributed by atoms with van der Waals surface area (Å²) in [6.07, 6.45) is 1.62. The van der Waals surface area contributed by atoms with Crippen molar-refractivity contribution in [3.05, 3.63) is 0 Å². The van der Waals surface area contributed by atoms with Crippen LogP contribution in [0.2, 0.25) is 0 Å². The molecule has 68 valence electrons. The second kappa shape index (κ2) is 4.08. The third-order valence-electron chi connectivity index (χ3n) is 2.69. The molecule has 0 aliphatic rings. The highest BCUT2D eigenvalue weighted by Crippen LogP contribution is 2.31. The number of hydrogen-bond acceptors (Lipinski definition) is 0. The van der Waals surface area contributed by atoms with Crippen LogP contribution in [0.3, 0.4) is 0 Å². The van der Waals surface area contributed by atoms with Crippen LogP contribution in [-0.2, 0) is 0 Å². The van der Waals surface area contributed by atoms with E-state index >= 15 is 0 Å². The van der Waals surface area contributed by atoms with Crippen LogP contribution >= 0.6 is 0 Å². The molecular weight excluding hydrogens is 139 g/mol. The first kappa shape index (κ1) is 10.9. The molecule has 0 saturated carbocycles. The molecule has 0 aliphatic carbocycles. The molecule has 0 N–H and O–H groups in total. The fraction of sp³-hybridized carbons (Fsp3) is 1.00. The summed E-state index contributed by atoms with van der Waals surface area (Å²) in [4.78, 5) is 0. The van der Waals surface area contributed by atoms with Crippen molar-refractivity contribution in [3.63, 3.8) is 0 Å². The van der Waals surface area contributed by atoms with Gasteiger partial charge in [-0.1, -0.05) is 34.1 Å². The fourth-order valence-electron chi connectivity index (χ4n) is 1.41. The number of rotatable bonds is 4. The molecule has 0 nitrogen and oxygen atoms in total. The number of alkyl halides is 1. The fourth-order valence-corrected chi connectivity index (χ4v) is 1.41. The first-order valence-electron chi connectivity index (χ1n) is 4.60. The molecule has 2 atom stereocenters. The summed E-state index contributed by atoms with van der Waals surface area (Å²) in [5, 5.41) is 0. The maximum atomic E-state index is 13.7. The quantitative estimate of drug-likeness (QED) is 0.586. The monoisotopic (exact) mass is 160 g/mol. The molecule has 0 fully saturated rings. The standard InChI is InChI=1S/C10H21F/c1-6-7-10(5,11)9(4)8(2)3/h8-9H,6-7H2,1-5H3/t9?,10-/m0/s1. The highest BCUT2D eigenvalue weighted by Gasteiger charge is 2.31. The highest BCUT2D eigenvalue weighted by molar-refractivity contribution is 4.80. The summed E-state index contributed by atoms with van der Waals surface area (Å²) in [7, 11) is 0. The van der Waals surface area contributed by atoms with E-state index in [4.69, 9.17) is 0 Å². The Labute approximate surface area is 70.2 Å². The Bertz CT molecular complexity index is 105. The van der Waals surface area contributed by atoms with Crippen molar-refractivity contribution in [1.29, 1.82) is 0 Å². The van der Waals surface area contributed by atoms with Crippen molar-refractivity contribution < 1.29 is 4.39 Å². The van der Waals surface area contributed by atoms with Gasteiger partial charge in [-0.3, -0.25) is 0 Å². The first-order chi connectivity index (χ1) is 4.91. The van der Waals surface area contributed by atoms with Gasteiger partial charge < -0.3 is 0 Å². The van der Waals surface area contributed by atoms with Crippen molar-refractivity contribution >= 4 is 0 Å². The molecular formula is C10H21F. The Morgan fingerprint density at radius 3 is 2.00 bits per heavy atom. The topological polar surface area (TPSA) is 0 Å². The molecule has 0 aromatic rings. The zero-order valence-corrected chi connectivity index (χ0v) is 8.45. The van der Waals surface area contributed by atoms with Crippen molar-refractivity contribution in [2.24, 2.45) is 11.8 Å². The third kappa shape index (κ3) is 3.22. The van der Waals surface area contributed by atoms with E-state index in [0.717, 1.165) is 6.42 Å². The minimum Gasteiger partial charge on any atom is -0.244 e. The Hall–Kier alpha value is -0.0700. The van der Waals surface area contributed by atoms with Gasteiger partial charge in [0.05, 0.1) is 0 Å². The third-order valence-corrected chi connectivity index (χ3v) is 2.69. The maximum Gasteiger partial charge on any atom is 0.111 e. The molecule has 1 heteroatoms. The zero-order chi connectivity index (χ0) is 9.07. The van der Waals surface area contributed by atoms with Gasteiger partial charge >= 0.3 is 0 Å². The van der Waals surface area contributed by atoms with Crippen molar-refractivity contribution in [1.82, 2.24) is 0 Å². The maximum absolute atomic E-state index is 13.7. The van der Waals surface area contributed by atoms with Gasteiger partial charge in [-0.25, -0.2) is 4.39 Å². The van der Waals surface area contributed by atoms with E-state index in [1.165, 1.54) is 0 Å². The van der Waals surface area contributed by atoms with Gasteiger partial charge in [0.2, 0.25) is 0 Å². The van der Waals surface area contributed by atoms with Crippen molar-refractivity contribution in [2.45, 2.75) is 53.1 Å². The molecule has 0 spiro atoms. The van der Waals surface area contributed by atoms with E-state index in [1.807, 2.05) is 13.8 Å². The van der Waals surface area contributed by atoms with Gasteiger partial charge in [0.1, 0.15) is 5.67 Å². The van der Waals surface area contributed by atoms with Crippen LogP contribution in [0.15, 0.2) is 0 Å². The van der Waals surface area contributed by atoms with E-state index in [-0.39, 0.29) is 5.92 Å². The molecule has 0 rings (SSSR count). The molecule has 0 aromatic heterocycles. The Balaban J connectivity index is 4.05. The summed E-state index contributed by atoms with van der Waals surface area (Å²) in [5.41, 5.74) is -0.969. The Morgan fingerprint density at radius 1 is 1.27 bits per heavy atom. The lowest BCUT2D eigenvalue weighted by molar-refractivity contribution is 0.0724. The summed E-state index contributed by atoms with van der Waals surface area (Å²) >= 11 is 0. The highest BCUT2D eigenvalue weighted by atomic mass is 19.1. The largest absolute Gasteiger partial charge is 0.244 e. The van der Waals surface area contributed by atoms with Gasteiger partial charge in [0.15, 0.2) is 0 Å². The Kier molecular flexibility index (Phi) is 4.05. The van der Waals surface area contributed by atoms with Crippen LogP contribution in [0.1, 0.15) is 47.5 Å². The SMILES string of the molecule is CCC[C@](C)(F)C(C)C(C)C. The van der Waals surface area contributed by atoms with E-state index in [2.05, 4.69) is 13.8 Å². The Morgan fingerprint density at radius 2 is 1.73 bits per heavy atom. The van der Waals surface area contributed by atoms with Crippen LogP contribution in [-0.4, -0.2) is 5.67 Å².